The summed E-state index contributed by atoms with van der Waals surface area (Å²) in [6, 6.07) is 6.97. The van der Waals surface area contributed by atoms with Crippen LogP contribution in [0.4, 0.5) is 0 Å². The molecule has 1 unspecified atom stereocenters. The maximum atomic E-state index is 4.16. The van der Waals surface area contributed by atoms with E-state index in [1.165, 1.54) is 20.5 Å². The number of halogens is 1. The first-order valence-corrected chi connectivity index (χ1v) is 8.24. The van der Waals surface area contributed by atoms with E-state index in [0.29, 0.717) is 6.04 Å². The minimum Gasteiger partial charge on any atom is -0.310 e. The van der Waals surface area contributed by atoms with Gasteiger partial charge in [-0.2, -0.15) is 0 Å². The van der Waals surface area contributed by atoms with Crippen molar-refractivity contribution < 1.29 is 0 Å². The Hall–Kier alpha value is -0.710. The Morgan fingerprint density at radius 1 is 1.42 bits per heavy atom. The summed E-state index contributed by atoms with van der Waals surface area (Å²) >= 11 is 5.35. The van der Waals surface area contributed by atoms with Gasteiger partial charge in [0.05, 0.1) is 5.51 Å². The fraction of sp³-hybridized carbons (Fsp3) is 0.400. The second-order valence-corrected chi connectivity index (χ2v) is 6.51. The molecule has 1 heterocycles. The lowest BCUT2D eigenvalue weighted by molar-refractivity contribution is 0.531. The van der Waals surface area contributed by atoms with E-state index in [0.717, 1.165) is 19.4 Å². The summed E-state index contributed by atoms with van der Waals surface area (Å²) < 4.78 is 1.18. The van der Waals surface area contributed by atoms with Crippen molar-refractivity contribution in [3.8, 4) is 0 Å². The molecule has 19 heavy (non-hydrogen) atoms. The van der Waals surface area contributed by atoms with E-state index < -0.39 is 0 Å². The molecule has 1 aromatic heterocycles. The third kappa shape index (κ3) is 4.13. The van der Waals surface area contributed by atoms with Crippen molar-refractivity contribution in [1.82, 2.24) is 10.3 Å². The molecule has 0 amide bonds. The van der Waals surface area contributed by atoms with Gasteiger partial charge in [-0.1, -0.05) is 35.0 Å². The zero-order chi connectivity index (χ0) is 13.7. The lowest BCUT2D eigenvalue weighted by Gasteiger charge is -2.19. The van der Waals surface area contributed by atoms with Crippen LogP contribution in [0.25, 0.3) is 0 Å². The molecule has 0 aliphatic heterocycles. The fourth-order valence-electron chi connectivity index (χ4n) is 2.00. The minimum atomic E-state index is 0.359. The maximum Gasteiger partial charge on any atom is 0.0794 e. The van der Waals surface area contributed by atoms with E-state index in [1.807, 2.05) is 11.7 Å². The van der Waals surface area contributed by atoms with Crippen LogP contribution < -0.4 is 5.32 Å². The SMILES string of the molecule is CCCNC(Cc1cncs1)c1ccc(C)c(Br)c1. The maximum absolute atomic E-state index is 4.16. The normalized spacial score (nSPS) is 12.6. The summed E-state index contributed by atoms with van der Waals surface area (Å²) in [4.78, 5) is 5.49. The Balaban J connectivity index is 2.18. The Kier molecular flexibility index (Phi) is 5.55. The lowest BCUT2D eigenvalue weighted by Crippen LogP contribution is -2.23. The molecule has 0 saturated carbocycles. The van der Waals surface area contributed by atoms with Gasteiger partial charge in [-0.25, -0.2) is 0 Å². The smallest absolute Gasteiger partial charge is 0.0794 e. The summed E-state index contributed by atoms with van der Waals surface area (Å²) in [7, 11) is 0. The van der Waals surface area contributed by atoms with Crippen LogP contribution in [0.5, 0.6) is 0 Å². The number of nitrogens with zero attached hydrogens (tertiary/aromatic N) is 1. The Labute approximate surface area is 127 Å². The summed E-state index contributed by atoms with van der Waals surface area (Å²) in [6.45, 7) is 5.35. The molecule has 0 aliphatic rings. The highest BCUT2D eigenvalue weighted by molar-refractivity contribution is 9.10. The Morgan fingerprint density at radius 2 is 2.26 bits per heavy atom. The molecule has 0 aliphatic carbocycles. The predicted octanol–water partition coefficient (Wildman–Crippen LogP) is 4.50. The first kappa shape index (κ1) is 14.7. The van der Waals surface area contributed by atoms with Gasteiger partial charge in [0.15, 0.2) is 0 Å². The number of aromatic nitrogens is 1. The van der Waals surface area contributed by atoms with Crippen molar-refractivity contribution in [2.24, 2.45) is 0 Å². The average Bonchev–Trinajstić information content (AvgIpc) is 2.91. The Bertz CT molecular complexity index is 511. The molecule has 0 saturated heterocycles. The number of hydrogen-bond donors (Lipinski definition) is 1. The first-order chi connectivity index (χ1) is 9.20. The quantitative estimate of drug-likeness (QED) is 0.838. The molecular weight excluding hydrogens is 320 g/mol. The van der Waals surface area contributed by atoms with Crippen LogP contribution in [0.2, 0.25) is 0 Å². The zero-order valence-corrected chi connectivity index (χ0v) is 13.7. The summed E-state index contributed by atoms with van der Waals surface area (Å²) in [5, 5.41) is 3.63. The van der Waals surface area contributed by atoms with Crippen LogP contribution >= 0.6 is 27.3 Å². The summed E-state index contributed by atoms with van der Waals surface area (Å²) in [5.41, 5.74) is 4.51. The van der Waals surface area contributed by atoms with Gasteiger partial charge in [-0.05, 0) is 37.1 Å². The van der Waals surface area contributed by atoms with Gasteiger partial charge in [0, 0.05) is 28.0 Å². The molecule has 2 nitrogen and oxygen atoms in total. The van der Waals surface area contributed by atoms with Crippen LogP contribution in [-0.4, -0.2) is 11.5 Å². The van der Waals surface area contributed by atoms with Crippen molar-refractivity contribution in [3.05, 3.63) is 50.4 Å². The third-order valence-electron chi connectivity index (χ3n) is 3.13. The van der Waals surface area contributed by atoms with E-state index in [9.17, 15) is 0 Å². The largest absolute Gasteiger partial charge is 0.310 e. The van der Waals surface area contributed by atoms with Crippen molar-refractivity contribution >= 4 is 27.3 Å². The molecule has 4 heteroatoms. The topological polar surface area (TPSA) is 24.9 Å². The molecule has 0 bridgehead atoms. The number of rotatable bonds is 6. The van der Waals surface area contributed by atoms with Crippen LogP contribution in [-0.2, 0) is 6.42 Å². The number of benzene rings is 1. The average molecular weight is 339 g/mol. The number of thiazole rings is 1. The molecule has 0 radical (unpaired) electrons. The monoisotopic (exact) mass is 338 g/mol. The van der Waals surface area contributed by atoms with E-state index in [-0.39, 0.29) is 0 Å². The van der Waals surface area contributed by atoms with Gasteiger partial charge in [0.25, 0.3) is 0 Å². The van der Waals surface area contributed by atoms with E-state index in [4.69, 9.17) is 0 Å². The number of nitrogens with one attached hydrogen (secondary N) is 1. The lowest BCUT2D eigenvalue weighted by atomic mass is 10.0. The van der Waals surface area contributed by atoms with E-state index in [1.54, 1.807) is 11.3 Å². The highest BCUT2D eigenvalue weighted by atomic mass is 79.9. The molecule has 0 spiro atoms. The van der Waals surface area contributed by atoms with E-state index in [2.05, 4.69) is 58.3 Å². The zero-order valence-electron chi connectivity index (χ0n) is 11.3. The molecule has 2 aromatic rings. The summed E-state index contributed by atoms with van der Waals surface area (Å²) in [5.74, 6) is 0. The van der Waals surface area contributed by atoms with E-state index >= 15 is 0 Å². The van der Waals surface area contributed by atoms with Gasteiger partial charge in [-0.15, -0.1) is 11.3 Å². The van der Waals surface area contributed by atoms with Crippen LogP contribution in [0, 0.1) is 6.92 Å². The highest BCUT2D eigenvalue weighted by Crippen LogP contribution is 2.25. The van der Waals surface area contributed by atoms with Crippen LogP contribution in [0.3, 0.4) is 0 Å². The number of hydrogen-bond acceptors (Lipinski definition) is 3. The molecule has 1 aromatic carbocycles. The second-order valence-electron chi connectivity index (χ2n) is 4.69. The van der Waals surface area contributed by atoms with Gasteiger partial charge in [0.1, 0.15) is 0 Å². The molecule has 1 N–H and O–H groups in total. The van der Waals surface area contributed by atoms with Crippen molar-refractivity contribution in [3.63, 3.8) is 0 Å². The minimum absolute atomic E-state index is 0.359. The predicted molar refractivity (Wildman–Crippen MR) is 85.7 cm³/mol. The fourth-order valence-corrected chi connectivity index (χ4v) is 3.03. The highest BCUT2D eigenvalue weighted by Gasteiger charge is 2.13. The molecule has 2 rings (SSSR count). The van der Waals surface area contributed by atoms with Crippen molar-refractivity contribution in [2.75, 3.05) is 6.54 Å². The van der Waals surface area contributed by atoms with Gasteiger partial charge >= 0.3 is 0 Å². The van der Waals surface area contributed by atoms with Gasteiger partial charge < -0.3 is 5.32 Å². The molecule has 102 valence electrons. The summed E-state index contributed by atoms with van der Waals surface area (Å²) in [6.07, 6.45) is 4.11. The molecule has 1 atom stereocenters. The Morgan fingerprint density at radius 3 is 2.89 bits per heavy atom. The van der Waals surface area contributed by atoms with Crippen LogP contribution in [0.1, 0.15) is 35.4 Å². The standard InChI is InChI=1S/C15H19BrN2S/c1-3-6-18-15(8-13-9-17-10-19-13)12-5-4-11(2)14(16)7-12/h4-5,7,9-10,15,18H,3,6,8H2,1-2H3. The molecule has 0 fully saturated rings. The second kappa shape index (κ2) is 7.17. The van der Waals surface area contributed by atoms with Gasteiger partial charge in [-0.3, -0.25) is 4.98 Å². The van der Waals surface area contributed by atoms with Gasteiger partial charge in [0.2, 0.25) is 0 Å². The van der Waals surface area contributed by atoms with Crippen molar-refractivity contribution in [1.29, 1.82) is 0 Å². The first-order valence-electron chi connectivity index (χ1n) is 6.57. The number of aryl methyl sites for hydroxylation is 1. The molecular formula is C15H19BrN2S. The van der Waals surface area contributed by atoms with Crippen molar-refractivity contribution in [2.45, 2.75) is 32.7 Å². The third-order valence-corrected chi connectivity index (χ3v) is 4.78. The van der Waals surface area contributed by atoms with Crippen LogP contribution in [0.15, 0.2) is 34.4 Å².